The van der Waals surface area contributed by atoms with Crippen molar-refractivity contribution in [1.82, 2.24) is 4.98 Å². The van der Waals surface area contributed by atoms with Gasteiger partial charge in [0.15, 0.2) is 0 Å². The molecule has 3 rings (SSSR count). The number of hydrogen-bond donors (Lipinski definition) is 0. The van der Waals surface area contributed by atoms with Gasteiger partial charge in [0, 0.05) is 24.7 Å². The molecule has 5 nitrogen and oxygen atoms in total. The highest BCUT2D eigenvalue weighted by molar-refractivity contribution is 6.62. The second kappa shape index (κ2) is 5.51. The van der Waals surface area contributed by atoms with E-state index in [9.17, 15) is 0 Å². The molecule has 6 heteroatoms. The molecule has 0 saturated carbocycles. The van der Waals surface area contributed by atoms with E-state index in [1.54, 1.807) is 0 Å². The summed E-state index contributed by atoms with van der Waals surface area (Å²) in [4.78, 5) is 6.84. The smallest absolute Gasteiger partial charge is 0.399 e. The van der Waals surface area contributed by atoms with Gasteiger partial charge in [0.1, 0.15) is 5.82 Å². The van der Waals surface area contributed by atoms with E-state index < -0.39 is 0 Å². The second-order valence-electron chi connectivity index (χ2n) is 7.17. The molecule has 2 fully saturated rings. The van der Waals surface area contributed by atoms with Gasteiger partial charge in [0.2, 0.25) is 0 Å². The molecule has 0 aliphatic carbocycles. The Morgan fingerprint density at radius 3 is 2.41 bits per heavy atom. The Hall–Kier alpha value is -1.11. The van der Waals surface area contributed by atoms with E-state index in [1.165, 1.54) is 0 Å². The molecule has 0 radical (unpaired) electrons. The molecule has 2 aliphatic rings. The fourth-order valence-electron chi connectivity index (χ4n) is 2.73. The van der Waals surface area contributed by atoms with Crippen LogP contribution in [0.4, 0.5) is 5.82 Å². The monoisotopic (exact) mass is 304 g/mol. The number of nitrogens with zero attached hydrogens (tertiary/aromatic N) is 2. The van der Waals surface area contributed by atoms with Gasteiger partial charge < -0.3 is 18.9 Å². The maximum atomic E-state index is 6.06. The first-order chi connectivity index (χ1) is 10.3. The maximum absolute atomic E-state index is 6.06. The maximum Gasteiger partial charge on any atom is 0.496 e. The normalized spacial score (nSPS) is 27.2. The lowest BCUT2D eigenvalue weighted by atomic mass is 9.80. The minimum Gasteiger partial charge on any atom is -0.399 e. The molecule has 0 aromatic carbocycles. The van der Waals surface area contributed by atoms with Gasteiger partial charge in [-0.15, -0.1) is 0 Å². The van der Waals surface area contributed by atoms with E-state index in [1.807, 2.05) is 18.3 Å². The summed E-state index contributed by atoms with van der Waals surface area (Å²) in [5, 5.41) is 0. The van der Waals surface area contributed by atoms with Crippen LogP contribution in [0.3, 0.4) is 0 Å². The molecule has 0 N–H and O–H groups in total. The number of pyridine rings is 1. The molecule has 0 bridgehead atoms. The summed E-state index contributed by atoms with van der Waals surface area (Å²) in [6.07, 6.45) is 2.11. The molecule has 0 unspecified atom stereocenters. The molecular weight excluding hydrogens is 279 g/mol. The summed E-state index contributed by atoms with van der Waals surface area (Å²) in [7, 11) is -0.352. The Balaban J connectivity index is 1.72. The Labute approximate surface area is 133 Å². The van der Waals surface area contributed by atoms with Crippen LogP contribution in [0, 0.1) is 0 Å². The number of ether oxygens (including phenoxy) is 1. The first-order valence-electron chi connectivity index (χ1n) is 7.97. The summed E-state index contributed by atoms with van der Waals surface area (Å²) in [6, 6.07) is 4.09. The van der Waals surface area contributed by atoms with Crippen molar-refractivity contribution in [1.29, 1.82) is 0 Å². The lowest BCUT2D eigenvalue weighted by Crippen LogP contribution is -2.42. The molecule has 2 saturated heterocycles. The highest BCUT2D eigenvalue weighted by Gasteiger charge is 2.51. The fraction of sp³-hybridized carbons (Fsp3) is 0.688. The molecule has 22 heavy (non-hydrogen) atoms. The topological polar surface area (TPSA) is 43.8 Å². The van der Waals surface area contributed by atoms with Crippen molar-refractivity contribution in [2.75, 3.05) is 24.6 Å². The molecule has 0 spiro atoms. The Bertz CT molecular complexity index is 517. The van der Waals surface area contributed by atoms with E-state index in [4.69, 9.17) is 14.0 Å². The van der Waals surface area contributed by atoms with Crippen LogP contribution in [0.25, 0.3) is 0 Å². The lowest BCUT2D eigenvalue weighted by Gasteiger charge is -2.32. The van der Waals surface area contributed by atoms with Crippen molar-refractivity contribution in [3.63, 3.8) is 0 Å². The van der Waals surface area contributed by atoms with Crippen molar-refractivity contribution >= 4 is 18.4 Å². The Morgan fingerprint density at radius 2 is 1.86 bits per heavy atom. The highest BCUT2D eigenvalue weighted by Crippen LogP contribution is 2.36. The number of hydrogen-bond acceptors (Lipinski definition) is 5. The zero-order valence-corrected chi connectivity index (χ0v) is 14.1. The van der Waals surface area contributed by atoms with Crippen molar-refractivity contribution in [2.45, 2.75) is 51.9 Å². The van der Waals surface area contributed by atoms with Crippen molar-refractivity contribution < 1.29 is 14.0 Å². The SMILES string of the molecule is C[C@H]1CN(c2ccc(B3OC(C)(C)C(C)(C)O3)cn2)CCO1. The number of morpholine rings is 1. The first-order valence-corrected chi connectivity index (χ1v) is 7.97. The van der Waals surface area contributed by atoms with Crippen molar-refractivity contribution in [2.24, 2.45) is 0 Å². The van der Waals surface area contributed by atoms with Crippen LogP contribution in [0.1, 0.15) is 34.6 Å². The average Bonchev–Trinajstić information content (AvgIpc) is 2.68. The molecule has 1 aromatic heterocycles. The highest BCUT2D eigenvalue weighted by atomic mass is 16.7. The van der Waals surface area contributed by atoms with Gasteiger partial charge in [-0.1, -0.05) is 6.07 Å². The lowest BCUT2D eigenvalue weighted by molar-refractivity contribution is 0.00578. The standard InChI is InChI=1S/C16H25BN2O3/c1-12-11-19(8-9-20-12)14-7-6-13(10-18-14)17-21-15(2,3)16(4,5)22-17/h6-7,10,12H,8-9,11H2,1-5H3/t12-/m0/s1. The molecule has 1 aromatic rings. The van der Waals surface area contributed by atoms with Gasteiger partial charge in [-0.25, -0.2) is 4.98 Å². The van der Waals surface area contributed by atoms with E-state index in [-0.39, 0.29) is 24.4 Å². The van der Waals surface area contributed by atoms with Crippen molar-refractivity contribution in [3.05, 3.63) is 18.3 Å². The largest absolute Gasteiger partial charge is 0.496 e. The van der Waals surface area contributed by atoms with Gasteiger partial charge in [-0.2, -0.15) is 0 Å². The molecule has 0 amide bonds. The third-order valence-corrected chi connectivity index (χ3v) is 4.86. The number of aromatic nitrogens is 1. The van der Waals surface area contributed by atoms with Gasteiger partial charge >= 0.3 is 7.12 Å². The first kappa shape index (κ1) is 15.8. The molecule has 1 atom stereocenters. The third kappa shape index (κ3) is 2.87. The minimum atomic E-state index is -0.352. The summed E-state index contributed by atoms with van der Waals surface area (Å²) < 4.78 is 17.7. The fourth-order valence-corrected chi connectivity index (χ4v) is 2.73. The van der Waals surface area contributed by atoms with E-state index in [0.717, 1.165) is 31.0 Å². The third-order valence-electron chi connectivity index (χ3n) is 4.86. The summed E-state index contributed by atoms with van der Waals surface area (Å²) in [5.74, 6) is 0.982. The predicted molar refractivity (Wildman–Crippen MR) is 87.6 cm³/mol. The quantitative estimate of drug-likeness (QED) is 0.777. The van der Waals surface area contributed by atoms with Crippen LogP contribution in [0.5, 0.6) is 0 Å². The van der Waals surface area contributed by atoms with E-state index >= 15 is 0 Å². The molecule has 2 aliphatic heterocycles. The average molecular weight is 304 g/mol. The van der Waals surface area contributed by atoms with Gasteiger partial charge in [0.25, 0.3) is 0 Å². The van der Waals surface area contributed by atoms with E-state index in [0.29, 0.717) is 0 Å². The van der Waals surface area contributed by atoms with E-state index in [2.05, 4.69) is 44.5 Å². The zero-order chi connectivity index (χ0) is 16.0. The number of rotatable bonds is 2. The van der Waals surface area contributed by atoms with Gasteiger partial charge in [-0.3, -0.25) is 0 Å². The van der Waals surface area contributed by atoms with Crippen LogP contribution in [-0.2, 0) is 14.0 Å². The van der Waals surface area contributed by atoms with Crippen LogP contribution in [0.2, 0.25) is 0 Å². The summed E-state index contributed by atoms with van der Waals surface area (Å²) in [5.41, 5.74) is 0.315. The van der Waals surface area contributed by atoms with Crippen LogP contribution in [-0.4, -0.2) is 49.1 Å². The van der Waals surface area contributed by atoms with Crippen LogP contribution in [0.15, 0.2) is 18.3 Å². The summed E-state index contributed by atoms with van der Waals surface area (Å²) in [6.45, 7) is 12.8. The second-order valence-corrected chi connectivity index (χ2v) is 7.17. The molecule has 3 heterocycles. The van der Waals surface area contributed by atoms with Gasteiger partial charge in [0.05, 0.1) is 23.9 Å². The van der Waals surface area contributed by atoms with Crippen LogP contribution < -0.4 is 10.4 Å². The zero-order valence-electron chi connectivity index (χ0n) is 14.1. The number of anilines is 1. The molecule has 120 valence electrons. The predicted octanol–water partition coefficient (Wildman–Crippen LogP) is 1.61. The minimum absolute atomic E-state index is 0.248. The van der Waals surface area contributed by atoms with Crippen LogP contribution >= 0.6 is 0 Å². The Kier molecular flexibility index (Phi) is 3.95. The summed E-state index contributed by atoms with van der Waals surface area (Å²) >= 11 is 0. The molecular formula is C16H25BN2O3. The Morgan fingerprint density at radius 1 is 1.18 bits per heavy atom. The van der Waals surface area contributed by atoms with Crippen molar-refractivity contribution in [3.8, 4) is 0 Å². The van der Waals surface area contributed by atoms with Gasteiger partial charge in [-0.05, 0) is 40.7 Å².